The minimum absolute atomic E-state index is 0.117. The van der Waals surface area contributed by atoms with Crippen LogP contribution in [0.15, 0.2) is 36.4 Å². The lowest BCUT2D eigenvalue weighted by atomic mass is 10.2. The Morgan fingerprint density at radius 2 is 2.00 bits per heavy atom. The summed E-state index contributed by atoms with van der Waals surface area (Å²) in [6, 6.07) is 11.5. The molecular weight excluding hydrogens is 231 g/mol. The van der Waals surface area contributed by atoms with Gasteiger partial charge in [-0.05, 0) is 36.8 Å². The molecule has 3 nitrogen and oxygen atoms in total. The lowest BCUT2D eigenvalue weighted by molar-refractivity contribution is 0.442. The van der Waals surface area contributed by atoms with Gasteiger partial charge >= 0.3 is 0 Å². The van der Waals surface area contributed by atoms with Crippen molar-refractivity contribution in [2.24, 2.45) is 0 Å². The molecule has 2 N–H and O–H groups in total. The molecule has 0 amide bonds. The van der Waals surface area contributed by atoms with Gasteiger partial charge in [0.2, 0.25) is 0 Å². The third-order valence-electron chi connectivity index (χ3n) is 2.52. The Morgan fingerprint density at radius 1 is 1.22 bits per heavy atom. The molecule has 90 valence electrons. The first kappa shape index (κ1) is 11.9. The fraction of sp³-hybridized carbons (Fsp3) is 0.0714. The van der Waals surface area contributed by atoms with Crippen molar-refractivity contribution in [3.05, 3.63) is 53.3 Å². The third kappa shape index (κ3) is 2.25. The number of anilines is 1. The van der Waals surface area contributed by atoms with E-state index in [1.54, 1.807) is 31.2 Å². The standard InChI is InChI=1S/C14H11FN2O/c1-9-3-2-4-13(14(9)15)18-12-6-5-10(8-16)7-11(12)17/h2-7H,17H2,1H3. The molecule has 0 fully saturated rings. The second-order valence-corrected chi connectivity index (χ2v) is 3.85. The maximum absolute atomic E-state index is 13.7. The summed E-state index contributed by atoms with van der Waals surface area (Å²) in [6.45, 7) is 1.66. The number of benzene rings is 2. The Bertz CT molecular complexity index is 632. The summed E-state index contributed by atoms with van der Waals surface area (Å²) in [5.74, 6) is 0.0335. The van der Waals surface area contributed by atoms with Gasteiger partial charge in [-0.3, -0.25) is 0 Å². The molecule has 0 radical (unpaired) electrons. The Balaban J connectivity index is 2.35. The summed E-state index contributed by atoms with van der Waals surface area (Å²) in [5, 5.41) is 8.72. The van der Waals surface area contributed by atoms with Crippen molar-refractivity contribution < 1.29 is 9.13 Å². The zero-order valence-electron chi connectivity index (χ0n) is 9.77. The molecule has 0 spiro atoms. The van der Waals surface area contributed by atoms with Crippen LogP contribution in [0.4, 0.5) is 10.1 Å². The number of rotatable bonds is 2. The Kier molecular flexibility index (Phi) is 3.16. The van der Waals surface area contributed by atoms with Crippen LogP contribution in [0, 0.1) is 24.1 Å². The number of aryl methyl sites for hydroxylation is 1. The minimum Gasteiger partial charge on any atom is -0.452 e. The number of halogens is 1. The van der Waals surface area contributed by atoms with Crippen molar-refractivity contribution in [3.63, 3.8) is 0 Å². The second kappa shape index (κ2) is 4.76. The van der Waals surface area contributed by atoms with Crippen LogP contribution in [0.5, 0.6) is 11.5 Å². The van der Waals surface area contributed by atoms with Gasteiger partial charge in [0.15, 0.2) is 17.3 Å². The van der Waals surface area contributed by atoms with Crippen molar-refractivity contribution >= 4 is 5.69 Å². The van der Waals surface area contributed by atoms with Crippen LogP contribution in [0.1, 0.15) is 11.1 Å². The van der Waals surface area contributed by atoms with E-state index >= 15 is 0 Å². The highest BCUT2D eigenvalue weighted by molar-refractivity contribution is 5.57. The average molecular weight is 242 g/mol. The number of hydrogen-bond acceptors (Lipinski definition) is 3. The molecule has 2 rings (SSSR count). The van der Waals surface area contributed by atoms with E-state index in [0.717, 1.165) is 0 Å². The molecule has 2 aromatic rings. The number of nitrogens with two attached hydrogens (primary N) is 1. The molecule has 0 unspecified atom stereocenters. The molecule has 0 aliphatic heterocycles. The molecule has 18 heavy (non-hydrogen) atoms. The van der Waals surface area contributed by atoms with Gasteiger partial charge in [0.1, 0.15) is 0 Å². The molecular formula is C14H11FN2O. The molecule has 4 heteroatoms. The van der Waals surface area contributed by atoms with E-state index in [1.165, 1.54) is 12.1 Å². The number of nitrogens with zero attached hydrogens (tertiary/aromatic N) is 1. The van der Waals surface area contributed by atoms with E-state index in [9.17, 15) is 4.39 Å². The van der Waals surface area contributed by atoms with Crippen molar-refractivity contribution in [1.29, 1.82) is 5.26 Å². The summed E-state index contributed by atoms with van der Waals surface area (Å²) in [6.07, 6.45) is 0. The van der Waals surface area contributed by atoms with Crippen LogP contribution in [-0.4, -0.2) is 0 Å². The van der Waals surface area contributed by atoms with Crippen LogP contribution in [0.25, 0.3) is 0 Å². The van der Waals surface area contributed by atoms with Gasteiger partial charge in [0, 0.05) is 0 Å². The first-order valence-electron chi connectivity index (χ1n) is 5.34. The molecule has 2 aromatic carbocycles. The van der Waals surface area contributed by atoms with Crippen LogP contribution in [0.2, 0.25) is 0 Å². The molecule has 0 aromatic heterocycles. The number of nitrogen functional groups attached to an aromatic ring is 1. The van der Waals surface area contributed by atoms with Gasteiger partial charge in [-0.25, -0.2) is 4.39 Å². The van der Waals surface area contributed by atoms with E-state index in [2.05, 4.69) is 0 Å². The minimum atomic E-state index is -0.416. The number of hydrogen-bond donors (Lipinski definition) is 1. The van der Waals surface area contributed by atoms with Crippen molar-refractivity contribution in [2.45, 2.75) is 6.92 Å². The largest absolute Gasteiger partial charge is 0.452 e. The smallest absolute Gasteiger partial charge is 0.168 e. The SMILES string of the molecule is Cc1cccc(Oc2ccc(C#N)cc2N)c1F. The Hall–Kier alpha value is -2.54. The normalized spacial score (nSPS) is 9.83. The predicted octanol–water partition coefficient (Wildman–Crippen LogP) is 3.38. The Labute approximate surface area is 104 Å². The van der Waals surface area contributed by atoms with E-state index in [1.807, 2.05) is 6.07 Å². The number of ether oxygens (including phenoxy) is 1. The van der Waals surface area contributed by atoms with Crippen LogP contribution in [-0.2, 0) is 0 Å². The van der Waals surface area contributed by atoms with Gasteiger partial charge in [-0.15, -0.1) is 0 Å². The van der Waals surface area contributed by atoms with E-state index in [4.69, 9.17) is 15.7 Å². The van der Waals surface area contributed by atoms with E-state index < -0.39 is 5.82 Å². The monoisotopic (exact) mass is 242 g/mol. The highest BCUT2D eigenvalue weighted by atomic mass is 19.1. The van der Waals surface area contributed by atoms with Gasteiger partial charge in [-0.2, -0.15) is 5.26 Å². The summed E-state index contributed by atoms with van der Waals surface area (Å²) in [4.78, 5) is 0. The van der Waals surface area contributed by atoms with E-state index in [-0.39, 0.29) is 5.75 Å². The fourth-order valence-corrected chi connectivity index (χ4v) is 1.53. The highest BCUT2D eigenvalue weighted by Crippen LogP contribution is 2.30. The van der Waals surface area contributed by atoms with Gasteiger partial charge in [0.05, 0.1) is 17.3 Å². The molecule has 0 aliphatic carbocycles. The van der Waals surface area contributed by atoms with E-state index in [0.29, 0.717) is 22.6 Å². The zero-order valence-corrected chi connectivity index (χ0v) is 9.77. The highest BCUT2D eigenvalue weighted by Gasteiger charge is 2.09. The Morgan fingerprint density at radius 3 is 2.67 bits per heavy atom. The van der Waals surface area contributed by atoms with Crippen molar-refractivity contribution in [1.82, 2.24) is 0 Å². The molecule has 0 heterocycles. The first-order valence-corrected chi connectivity index (χ1v) is 5.34. The maximum Gasteiger partial charge on any atom is 0.168 e. The number of nitriles is 1. The zero-order chi connectivity index (χ0) is 13.1. The van der Waals surface area contributed by atoms with Crippen molar-refractivity contribution in [3.8, 4) is 17.6 Å². The van der Waals surface area contributed by atoms with Crippen LogP contribution in [0.3, 0.4) is 0 Å². The van der Waals surface area contributed by atoms with Gasteiger partial charge in [0.25, 0.3) is 0 Å². The molecule has 0 saturated heterocycles. The van der Waals surface area contributed by atoms with Crippen LogP contribution >= 0.6 is 0 Å². The quantitative estimate of drug-likeness (QED) is 0.821. The first-order chi connectivity index (χ1) is 8.61. The molecule has 0 aliphatic rings. The lowest BCUT2D eigenvalue weighted by Crippen LogP contribution is -1.95. The molecule has 0 saturated carbocycles. The summed E-state index contributed by atoms with van der Waals surface area (Å²) >= 11 is 0. The van der Waals surface area contributed by atoms with Gasteiger partial charge < -0.3 is 10.5 Å². The topological polar surface area (TPSA) is 59.0 Å². The molecule has 0 bridgehead atoms. The summed E-state index contributed by atoms with van der Waals surface area (Å²) in [7, 11) is 0. The maximum atomic E-state index is 13.7. The third-order valence-corrected chi connectivity index (χ3v) is 2.52. The van der Waals surface area contributed by atoms with Crippen LogP contribution < -0.4 is 10.5 Å². The second-order valence-electron chi connectivity index (χ2n) is 3.85. The average Bonchev–Trinajstić information content (AvgIpc) is 2.37. The van der Waals surface area contributed by atoms with Crippen molar-refractivity contribution in [2.75, 3.05) is 5.73 Å². The van der Waals surface area contributed by atoms with Gasteiger partial charge in [-0.1, -0.05) is 12.1 Å². The summed E-state index contributed by atoms with van der Waals surface area (Å²) < 4.78 is 19.2. The summed E-state index contributed by atoms with van der Waals surface area (Å²) in [5.41, 5.74) is 6.97. The fourth-order valence-electron chi connectivity index (χ4n) is 1.53. The lowest BCUT2D eigenvalue weighted by Gasteiger charge is -2.10. The molecule has 0 atom stereocenters. The predicted molar refractivity (Wildman–Crippen MR) is 66.8 cm³/mol.